The van der Waals surface area contributed by atoms with Crippen molar-refractivity contribution >= 4 is 40.5 Å². The Morgan fingerprint density at radius 1 is 1.07 bits per heavy atom. The smallest absolute Gasteiger partial charge is 0.0631 e. The number of hydrogen-bond donors (Lipinski definition) is 0. The Bertz CT molecular complexity index is 922. The Labute approximate surface area is 180 Å². The van der Waals surface area contributed by atoms with Crippen LogP contribution >= 0.6 is 11.6 Å². The first-order valence-corrected chi connectivity index (χ1v) is 10.9. The summed E-state index contributed by atoms with van der Waals surface area (Å²) in [7, 11) is 0. The lowest BCUT2D eigenvalue weighted by molar-refractivity contribution is 0.566. The fraction of sp³-hybridized carbons (Fsp3) is 0.400. The van der Waals surface area contributed by atoms with E-state index in [1.807, 2.05) is 6.21 Å². The van der Waals surface area contributed by atoms with Crippen LogP contribution in [0.2, 0.25) is 5.02 Å². The third-order valence-electron chi connectivity index (χ3n) is 5.74. The Kier molecular flexibility index (Phi) is 6.38. The van der Waals surface area contributed by atoms with Crippen molar-refractivity contribution in [3.63, 3.8) is 0 Å². The summed E-state index contributed by atoms with van der Waals surface area (Å²) >= 11 is 6.65. The summed E-state index contributed by atoms with van der Waals surface area (Å²) < 4.78 is 0. The molecular weight excluding hydrogens is 378 g/mol. The fourth-order valence-electron chi connectivity index (χ4n) is 4.27. The van der Waals surface area contributed by atoms with E-state index in [0.717, 1.165) is 35.9 Å². The number of nitrogens with zero attached hydrogens (tertiary/aromatic N) is 3. The highest BCUT2D eigenvalue weighted by Gasteiger charge is 2.30. The largest absolute Gasteiger partial charge is 0.372 e. The predicted molar refractivity (Wildman–Crippen MR) is 129 cm³/mol. The highest BCUT2D eigenvalue weighted by molar-refractivity contribution is 6.33. The van der Waals surface area contributed by atoms with Crippen LogP contribution in [0.3, 0.4) is 0 Å². The summed E-state index contributed by atoms with van der Waals surface area (Å²) in [5.41, 5.74) is 6.79. The van der Waals surface area contributed by atoms with Crippen molar-refractivity contribution in [2.45, 2.75) is 47.1 Å². The molecule has 0 aromatic heterocycles. The van der Waals surface area contributed by atoms with Crippen molar-refractivity contribution in [1.82, 2.24) is 0 Å². The number of benzene rings is 2. The van der Waals surface area contributed by atoms with Gasteiger partial charge >= 0.3 is 0 Å². The summed E-state index contributed by atoms with van der Waals surface area (Å²) in [5, 5.41) is 0.733. The summed E-state index contributed by atoms with van der Waals surface area (Å²) in [5.74, 6) is 0. The predicted octanol–water partition coefficient (Wildman–Crippen LogP) is 6.96. The number of allylic oxidation sites excluding steroid dienone is 1. The molecule has 3 nitrogen and oxygen atoms in total. The van der Waals surface area contributed by atoms with Crippen molar-refractivity contribution in [3.05, 3.63) is 58.6 Å². The van der Waals surface area contributed by atoms with Crippen LogP contribution in [0.1, 0.15) is 52.7 Å². The van der Waals surface area contributed by atoms with Crippen LogP contribution in [0, 0.1) is 0 Å². The van der Waals surface area contributed by atoms with Gasteiger partial charge in [0.1, 0.15) is 0 Å². The average molecular weight is 410 g/mol. The van der Waals surface area contributed by atoms with Gasteiger partial charge in [0.2, 0.25) is 0 Å². The van der Waals surface area contributed by atoms with E-state index in [9.17, 15) is 0 Å². The second-order valence-corrected chi connectivity index (χ2v) is 8.47. The lowest BCUT2D eigenvalue weighted by Gasteiger charge is -2.43. The Morgan fingerprint density at radius 3 is 2.31 bits per heavy atom. The number of rotatable bonds is 6. The first kappa shape index (κ1) is 21.4. The fourth-order valence-corrected chi connectivity index (χ4v) is 4.48. The zero-order valence-corrected chi connectivity index (χ0v) is 19.2. The molecule has 2 aromatic carbocycles. The lowest BCUT2D eigenvalue weighted by atomic mass is 9.88. The summed E-state index contributed by atoms with van der Waals surface area (Å²) in [6, 6.07) is 12.6. The molecule has 1 aliphatic rings. The standard InChI is InChI=1S/C25H32ClN3/c1-7-28(8-2)21-12-10-20(11-13-21)27-17-19-14-22-18(4)16-25(5,6)29(9-3)24(22)15-23(19)26/h10-17H,7-9H2,1-6H3. The number of fused-ring (bicyclic) bond motifs is 1. The third-order valence-corrected chi connectivity index (χ3v) is 6.07. The molecule has 0 atom stereocenters. The van der Waals surface area contributed by atoms with Crippen LogP contribution in [0.15, 0.2) is 47.5 Å². The SMILES string of the molecule is CCN(CC)c1ccc(N=Cc2cc3c(cc2Cl)N(CC)C(C)(C)C=C3C)cc1. The van der Waals surface area contributed by atoms with Crippen LogP contribution in [0.25, 0.3) is 5.57 Å². The van der Waals surface area contributed by atoms with Gasteiger partial charge in [-0.15, -0.1) is 0 Å². The first-order valence-electron chi connectivity index (χ1n) is 10.5. The van der Waals surface area contributed by atoms with E-state index in [-0.39, 0.29) is 5.54 Å². The van der Waals surface area contributed by atoms with Gasteiger partial charge < -0.3 is 9.80 Å². The van der Waals surface area contributed by atoms with E-state index >= 15 is 0 Å². The maximum atomic E-state index is 6.65. The molecule has 0 saturated heterocycles. The Hall–Kier alpha value is -2.26. The summed E-state index contributed by atoms with van der Waals surface area (Å²) in [4.78, 5) is 9.39. The molecule has 3 rings (SSSR count). The minimum absolute atomic E-state index is 0.0165. The van der Waals surface area contributed by atoms with Gasteiger partial charge in [0, 0.05) is 48.4 Å². The highest BCUT2D eigenvalue weighted by Crippen LogP contribution is 2.41. The minimum atomic E-state index is -0.0165. The maximum Gasteiger partial charge on any atom is 0.0631 e. The molecule has 0 amide bonds. The molecule has 1 aliphatic heterocycles. The molecule has 2 aromatic rings. The quantitative estimate of drug-likeness (QED) is 0.480. The second-order valence-electron chi connectivity index (χ2n) is 8.06. The molecule has 4 heteroatoms. The Morgan fingerprint density at radius 2 is 1.72 bits per heavy atom. The molecule has 29 heavy (non-hydrogen) atoms. The summed E-state index contributed by atoms with van der Waals surface area (Å²) in [6.07, 6.45) is 4.21. The maximum absolute atomic E-state index is 6.65. The molecule has 0 saturated carbocycles. The van der Waals surface area contributed by atoms with Gasteiger partial charge in [0.15, 0.2) is 0 Å². The van der Waals surface area contributed by atoms with Crippen molar-refractivity contribution < 1.29 is 0 Å². The van der Waals surface area contributed by atoms with Gasteiger partial charge in [0.05, 0.1) is 16.2 Å². The Balaban J connectivity index is 1.90. The highest BCUT2D eigenvalue weighted by atomic mass is 35.5. The molecule has 0 N–H and O–H groups in total. The molecular formula is C25H32ClN3. The molecule has 0 unspecified atom stereocenters. The van der Waals surface area contributed by atoms with Crippen LogP contribution in [0.5, 0.6) is 0 Å². The van der Waals surface area contributed by atoms with Crippen LogP contribution < -0.4 is 9.80 Å². The molecule has 0 spiro atoms. The van der Waals surface area contributed by atoms with E-state index in [0.29, 0.717) is 0 Å². The summed E-state index contributed by atoms with van der Waals surface area (Å²) in [6.45, 7) is 16.1. The molecule has 1 heterocycles. The van der Waals surface area contributed by atoms with Crippen LogP contribution in [0.4, 0.5) is 17.1 Å². The van der Waals surface area contributed by atoms with Gasteiger partial charge in [-0.3, -0.25) is 4.99 Å². The minimum Gasteiger partial charge on any atom is -0.372 e. The number of anilines is 2. The average Bonchev–Trinajstić information content (AvgIpc) is 2.68. The molecule has 0 fully saturated rings. The number of hydrogen-bond acceptors (Lipinski definition) is 3. The van der Waals surface area contributed by atoms with Gasteiger partial charge in [-0.2, -0.15) is 0 Å². The third kappa shape index (κ3) is 4.35. The van der Waals surface area contributed by atoms with Crippen molar-refractivity contribution in [2.24, 2.45) is 4.99 Å². The molecule has 0 bridgehead atoms. The topological polar surface area (TPSA) is 18.8 Å². The van der Waals surface area contributed by atoms with Crippen molar-refractivity contribution in [1.29, 1.82) is 0 Å². The normalized spacial score (nSPS) is 15.4. The van der Waals surface area contributed by atoms with E-state index in [1.165, 1.54) is 22.5 Å². The van der Waals surface area contributed by atoms with Crippen LogP contribution in [-0.4, -0.2) is 31.4 Å². The zero-order chi connectivity index (χ0) is 21.2. The monoisotopic (exact) mass is 409 g/mol. The van der Waals surface area contributed by atoms with Gasteiger partial charge in [-0.05, 0) is 83.5 Å². The number of likely N-dealkylation sites (N-methyl/N-ethyl adjacent to an activating group) is 1. The van der Waals surface area contributed by atoms with E-state index in [4.69, 9.17) is 11.6 Å². The van der Waals surface area contributed by atoms with E-state index in [1.54, 1.807) is 0 Å². The van der Waals surface area contributed by atoms with Crippen molar-refractivity contribution in [3.8, 4) is 0 Å². The molecule has 154 valence electrons. The lowest BCUT2D eigenvalue weighted by Crippen LogP contribution is -2.44. The van der Waals surface area contributed by atoms with Crippen LogP contribution in [-0.2, 0) is 0 Å². The van der Waals surface area contributed by atoms with E-state index < -0.39 is 0 Å². The molecule has 0 radical (unpaired) electrons. The number of halogens is 1. The van der Waals surface area contributed by atoms with E-state index in [2.05, 4.69) is 98.8 Å². The molecule has 0 aliphatic carbocycles. The van der Waals surface area contributed by atoms with Crippen molar-refractivity contribution in [2.75, 3.05) is 29.4 Å². The van der Waals surface area contributed by atoms with Gasteiger partial charge in [-0.25, -0.2) is 0 Å². The number of aliphatic imine (C=N–C) groups is 1. The van der Waals surface area contributed by atoms with Gasteiger partial charge in [0.25, 0.3) is 0 Å². The zero-order valence-electron chi connectivity index (χ0n) is 18.5. The second kappa shape index (κ2) is 8.62. The van der Waals surface area contributed by atoms with Gasteiger partial charge in [-0.1, -0.05) is 17.7 Å². The first-order chi connectivity index (χ1) is 13.8.